The van der Waals surface area contributed by atoms with Crippen LogP contribution in [0.25, 0.3) is 0 Å². The van der Waals surface area contributed by atoms with Gasteiger partial charge in [0.15, 0.2) is 0 Å². The van der Waals surface area contributed by atoms with Gasteiger partial charge in [-0.05, 0) is 24.1 Å². The van der Waals surface area contributed by atoms with Crippen molar-refractivity contribution in [2.24, 2.45) is 5.73 Å². The number of rotatable bonds is 6. The van der Waals surface area contributed by atoms with Crippen LogP contribution in [-0.2, 0) is 11.2 Å². The number of amides is 3. The Bertz CT molecular complexity index is 525. The zero-order valence-electron chi connectivity index (χ0n) is 13.5. The van der Waals surface area contributed by atoms with E-state index in [2.05, 4.69) is 5.32 Å². The predicted octanol–water partition coefficient (Wildman–Crippen LogP) is 0.0502. The highest BCUT2D eigenvalue weighted by Crippen LogP contribution is 2.11. The van der Waals surface area contributed by atoms with Gasteiger partial charge in [0.2, 0.25) is 5.91 Å². The van der Waals surface area contributed by atoms with Crippen LogP contribution in [0.15, 0.2) is 24.3 Å². The van der Waals surface area contributed by atoms with Crippen LogP contribution in [0.5, 0.6) is 5.75 Å². The summed E-state index contributed by atoms with van der Waals surface area (Å²) < 4.78 is 5.11. The molecule has 7 heteroatoms. The Morgan fingerprint density at radius 3 is 2.39 bits per heavy atom. The molecule has 0 atom stereocenters. The Kier molecular flexibility index (Phi) is 6.22. The number of nitrogens with one attached hydrogen (secondary N) is 1. The molecule has 0 spiro atoms. The molecular formula is C16H24N4O3. The second-order valence-corrected chi connectivity index (χ2v) is 5.55. The Morgan fingerprint density at radius 1 is 1.17 bits per heavy atom. The Hall–Kier alpha value is -2.28. The summed E-state index contributed by atoms with van der Waals surface area (Å²) in [6.45, 7) is 3.47. The minimum Gasteiger partial charge on any atom is -0.497 e. The van der Waals surface area contributed by atoms with Crippen molar-refractivity contribution in [2.45, 2.75) is 6.42 Å². The predicted molar refractivity (Wildman–Crippen MR) is 87.3 cm³/mol. The first-order valence-electron chi connectivity index (χ1n) is 7.75. The fraction of sp³-hybridized carbons (Fsp3) is 0.500. The molecule has 7 nitrogen and oxygen atoms in total. The molecule has 1 aliphatic heterocycles. The quantitative estimate of drug-likeness (QED) is 0.775. The minimum atomic E-state index is -0.395. The third-order valence-corrected chi connectivity index (χ3v) is 3.95. The number of carbonyl (C=O) groups excluding carboxylic acids is 2. The molecule has 2 rings (SSSR count). The van der Waals surface area contributed by atoms with Crippen molar-refractivity contribution in [3.63, 3.8) is 0 Å². The van der Waals surface area contributed by atoms with E-state index in [1.165, 1.54) is 0 Å². The number of nitrogens with zero attached hydrogens (tertiary/aromatic N) is 2. The molecule has 1 aromatic carbocycles. The maximum Gasteiger partial charge on any atom is 0.314 e. The summed E-state index contributed by atoms with van der Waals surface area (Å²) in [4.78, 5) is 26.6. The Balaban J connectivity index is 1.64. The summed E-state index contributed by atoms with van der Waals surface area (Å²) in [6, 6.07) is 7.42. The van der Waals surface area contributed by atoms with E-state index >= 15 is 0 Å². The van der Waals surface area contributed by atoms with E-state index in [0.29, 0.717) is 39.3 Å². The number of primary amides is 1. The molecule has 1 saturated heterocycles. The third-order valence-electron chi connectivity index (χ3n) is 3.95. The van der Waals surface area contributed by atoms with Gasteiger partial charge in [-0.15, -0.1) is 0 Å². The molecule has 1 aromatic rings. The Labute approximate surface area is 136 Å². The Morgan fingerprint density at radius 2 is 1.83 bits per heavy atom. The first-order chi connectivity index (χ1) is 11.1. The molecule has 0 radical (unpaired) electrons. The monoisotopic (exact) mass is 320 g/mol. The highest BCUT2D eigenvalue weighted by molar-refractivity contribution is 5.78. The number of hydrogen-bond acceptors (Lipinski definition) is 4. The second kappa shape index (κ2) is 8.38. The number of carbonyl (C=O) groups is 2. The summed E-state index contributed by atoms with van der Waals surface area (Å²) in [7, 11) is 1.64. The van der Waals surface area contributed by atoms with Crippen LogP contribution in [0.3, 0.4) is 0 Å². The zero-order chi connectivity index (χ0) is 16.7. The van der Waals surface area contributed by atoms with Gasteiger partial charge in [-0.1, -0.05) is 12.1 Å². The lowest BCUT2D eigenvalue weighted by atomic mass is 10.1. The van der Waals surface area contributed by atoms with Gasteiger partial charge in [0.25, 0.3) is 0 Å². The fourth-order valence-electron chi connectivity index (χ4n) is 2.52. The summed E-state index contributed by atoms with van der Waals surface area (Å²) in [5.41, 5.74) is 6.39. The van der Waals surface area contributed by atoms with Gasteiger partial charge in [-0.3, -0.25) is 9.69 Å². The summed E-state index contributed by atoms with van der Waals surface area (Å²) in [5.74, 6) is 0.832. The van der Waals surface area contributed by atoms with Crippen molar-refractivity contribution in [2.75, 3.05) is 46.4 Å². The van der Waals surface area contributed by atoms with E-state index < -0.39 is 6.03 Å². The average Bonchev–Trinajstić information content (AvgIpc) is 2.56. The molecule has 0 saturated carbocycles. The van der Waals surface area contributed by atoms with Crippen LogP contribution in [0.2, 0.25) is 0 Å². The highest BCUT2D eigenvalue weighted by atomic mass is 16.5. The number of nitrogens with two attached hydrogens (primary N) is 1. The first kappa shape index (κ1) is 17.1. The highest BCUT2D eigenvalue weighted by Gasteiger charge is 2.20. The van der Waals surface area contributed by atoms with Crippen molar-refractivity contribution < 1.29 is 14.3 Å². The lowest BCUT2D eigenvalue weighted by Gasteiger charge is -2.33. The van der Waals surface area contributed by atoms with Crippen LogP contribution in [0, 0.1) is 0 Å². The van der Waals surface area contributed by atoms with Crippen molar-refractivity contribution in [3.8, 4) is 5.75 Å². The van der Waals surface area contributed by atoms with Gasteiger partial charge in [0.1, 0.15) is 5.75 Å². The largest absolute Gasteiger partial charge is 0.497 e. The van der Waals surface area contributed by atoms with Crippen LogP contribution in [-0.4, -0.2) is 68.1 Å². The van der Waals surface area contributed by atoms with Crippen molar-refractivity contribution in [1.82, 2.24) is 15.1 Å². The van der Waals surface area contributed by atoms with Crippen molar-refractivity contribution in [1.29, 1.82) is 0 Å². The maximum absolute atomic E-state index is 11.9. The number of urea groups is 1. The number of piperazine rings is 1. The molecule has 0 bridgehead atoms. The van der Waals surface area contributed by atoms with Gasteiger partial charge in [-0.25, -0.2) is 4.79 Å². The van der Waals surface area contributed by atoms with Gasteiger partial charge < -0.3 is 20.7 Å². The zero-order valence-corrected chi connectivity index (χ0v) is 13.5. The summed E-state index contributed by atoms with van der Waals surface area (Å²) >= 11 is 0. The number of benzene rings is 1. The standard InChI is InChI=1S/C16H24N4O3/c1-23-14-4-2-13(3-5-14)6-7-18-15(21)12-19-8-10-20(11-9-19)16(17)22/h2-5H,6-12H2,1H3,(H2,17,22)(H,18,21). The fourth-order valence-corrected chi connectivity index (χ4v) is 2.52. The van der Waals surface area contributed by atoms with Crippen LogP contribution in [0.4, 0.5) is 4.79 Å². The van der Waals surface area contributed by atoms with E-state index in [-0.39, 0.29) is 5.91 Å². The van der Waals surface area contributed by atoms with E-state index in [1.807, 2.05) is 29.2 Å². The lowest BCUT2D eigenvalue weighted by molar-refractivity contribution is -0.122. The molecule has 0 aliphatic carbocycles. The SMILES string of the molecule is COc1ccc(CCNC(=O)CN2CCN(C(N)=O)CC2)cc1. The lowest BCUT2D eigenvalue weighted by Crippen LogP contribution is -2.52. The molecule has 23 heavy (non-hydrogen) atoms. The number of hydrogen-bond donors (Lipinski definition) is 2. The van der Waals surface area contributed by atoms with Crippen molar-refractivity contribution >= 4 is 11.9 Å². The van der Waals surface area contributed by atoms with Gasteiger partial charge in [0.05, 0.1) is 13.7 Å². The van der Waals surface area contributed by atoms with E-state index in [9.17, 15) is 9.59 Å². The average molecular weight is 320 g/mol. The van der Waals surface area contributed by atoms with Gasteiger partial charge in [-0.2, -0.15) is 0 Å². The first-order valence-corrected chi connectivity index (χ1v) is 7.75. The van der Waals surface area contributed by atoms with Crippen LogP contribution in [0.1, 0.15) is 5.56 Å². The molecule has 3 amide bonds. The molecule has 1 heterocycles. The molecule has 1 aliphatic rings. The van der Waals surface area contributed by atoms with Gasteiger partial charge in [0, 0.05) is 32.7 Å². The number of ether oxygens (including phenoxy) is 1. The summed E-state index contributed by atoms with van der Waals surface area (Å²) in [6.07, 6.45) is 0.783. The molecule has 126 valence electrons. The van der Waals surface area contributed by atoms with E-state index in [4.69, 9.17) is 10.5 Å². The minimum absolute atomic E-state index is 0.00559. The molecule has 0 aromatic heterocycles. The van der Waals surface area contributed by atoms with Gasteiger partial charge >= 0.3 is 6.03 Å². The van der Waals surface area contributed by atoms with E-state index in [1.54, 1.807) is 12.0 Å². The molecule has 0 unspecified atom stereocenters. The van der Waals surface area contributed by atoms with Crippen LogP contribution < -0.4 is 15.8 Å². The second-order valence-electron chi connectivity index (χ2n) is 5.55. The normalized spacial score (nSPS) is 15.3. The third kappa shape index (κ3) is 5.45. The summed E-state index contributed by atoms with van der Waals surface area (Å²) in [5, 5.41) is 2.92. The molecule has 3 N–H and O–H groups in total. The number of methoxy groups -OCH3 is 1. The maximum atomic E-state index is 11.9. The van der Waals surface area contributed by atoms with Crippen LogP contribution >= 0.6 is 0 Å². The molecular weight excluding hydrogens is 296 g/mol. The molecule has 1 fully saturated rings. The van der Waals surface area contributed by atoms with E-state index in [0.717, 1.165) is 17.7 Å². The van der Waals surface area contributed by atoms with Crippen molar-refractivity contribution in [3.05, 3.63) is 29.8 Å². The topological polar surface area (TPSA) is 87.9 Å². The smallest absolute Gasteiger partial charge is 0.314 e.